The van der Waals surface area contributed by atoms with Crippen LogP contribution in [0.2, 0.25) is 0 Å². The Balaban J connectivity index is 2.17. The number of rotatable bonds is 4. The van der Waals surface area contributed by atoms with Crippen molar-refractivity contribution in [3.63, 3.8) is 0 Å². The minimum atomic E-state index is -1.26. The van der Waals surface area contributed by atoms with E-state index in [9.17, 15) is 13.6 Å². The molecule has 0 saturated heterocycles. The molecule has 21 heavy (non-hydrogen) atoms. The topological polar surface area (TPSA) is 64.4 Å². The van der Waals surface area contributed by atoms with Gasteiger partial charge < -0.3 is 14.5 Å². The second-order valence-corrected chi connectivity index (χ2v) is 4.38. The Morgan fingerprint density at radius 1 is 1.33 bits per heavy atom. The van der Waals surface area contributed by atoms with Gasteiger partial charge in [-0.3, -0.25) is 0 Å². The summed E-state index contributed by atoms with van der Waals surface area (Å²) in [6.07, 6.45) is 0. The highest BCUT2D eigenvalue weighted by molar-refractivity contribution is 5.90. The Morgan fingerprint density at radius 3 is 2.62 bits per heavy atom. The van der Waals surface area contributed by atoms with Crippen LogP contribution in [0.25, 0.3) is 0 Å². The van der Waals surface area contributed by atoms with E-state index in [0.717, 1.165) is 18.9 Å². The predicted octanol–water partition coefficient (Wildman–Crippen LogP) is 2.97. The van der Waals surface area contributed by atoms with Crippen molar-refractivity contribution in [2.45, 2.75) is 20.4 Å². The van der Waals surface area contributed by atoms with Gasteiger partial charge in [-0.05, 0) is 26.0 Å². The maximum Gasteiger partial charge on any atom is 0.340 e. The van der Waals surface area contributed by atoms with Gasteiger partial charge in [-0.1, -0.05) is 0 Å². The molecule has 0 fully saturated rings. The van der Waals surface area contributed by atoms with Crippen LogP contribution in [0.15, 0.2) is 16.5 Å². The smallest absolute Gasteiger partial charge is 0.340 e. The number of carbonyl (C=O) groups excluding carboxylic acids is 1. The largest absolute Gasteiger partial charge is 0.465 e. The number of esters is 1. The summed E-state index contributed by atoms with van der Waals surface area (Å²) in [5.41, 5.74) is 0.191. The fourth-order valence-corrected chi connectivity index (χ4v) is 1.74. The summed E-state index contributed by atoms with van der Waals surface area (Å²) in [5, 5.41) is 2.67. The highest BCUT2D eigenvalue weighted by Crippen LogP contribution is 2.22. The van der Waals surface area contributed by atoms with Crippen LogP contribution in [-0.2, 0) is 11.3 Å². The second-order valence-electron chi connectivity index (χ2n) is 4.38. The van der Waals surface area contributed by atoms with Crippen molar-refractivity contribution in [2.24, 2.45) is 0 Å². The van der Waals surface area contributed by atoms with Crippen LogP contribution in [0.3, 0.4) is 0 Å². The van der Waals surface area contributed by atoms with Crippen molar-refractivity contribution in [3.05, 3.63) is 46.7 Å². The molecule has 1 aromatic heterocycles. The number of oxazole rings is 1. The van der Waals surface area contributed by atoms with Crippen LogP contribution >= 0.6 is 0 Å². The van der Waals surface area contributed by atoms with Gasteiger partial charge in [0.1, 0.15) is 5.76 Å². The van der Waals surface area contributed by atoms with E-state index in [-0.39, 0.29) is 12.2 Å². The third-order valence-electron chi connectivity index (χ3n) is 2.99. The third-order valence-corrected chi connectivity index (χ3v) is 2.99. The molecule has 1 heterocycles. The quantitative estimate of drug-likeness (QED) is 0.879. The first kappa shape index (κ1) is 15.0. The molecule has 0 aliphatic carbocycles. The third kappa shape index (κ3) is 3.01. The Kier molecular flexibility index (Phi) is 4.21. The number of halogens is 2. The maximum absolute atomic E-state index is 13.8. The summed E-state index contributed by atoms with van der Waals surface area (Å²) in [4.78, 5) is 15.4. The van der Waals surface area contributed by atoms with Crippen LogP contribution in [0.4, 0.5) is 14.5 Å². The van der Waals surface area contributed by atoms with E-state index >= 15 is 0 Å². The van der Waals surface area contributed by atoms with Gasteiger partial charge in [-0.25, -0.2) is 18.6 Å². The van der Waals surface area contributed by atoms with Crippen molar-refractivity contribution < 1.29 is 22.7 Å². The molecule has 112 valence electrons. The molecule has 7 heteroatoms. The summed E-state index contributed by atoms with van der Waals surface area (Å²) in [7, 11) is 1.10. The van der Waals surface area contributed by atoms with Gasteiger partial charge in [-0.2, -0.15) is 0 Å². The number of aryl methyl sites for hydroxylation is 2. The monoisotopic (exact) mass is 296 g/mol. The lowest BCUT2D eigenvalue weighted by molar-refractivity contribution is 0.0594. The molecular weight excluding hydrogens is 282 g/mol. The standard InChI is InChI=1S/C14H14F2N2O3/c1-7-8(2)21-11(18-7)6-17-10-5-4-9(14(19)20-3)12(15)13(10)16/h4-5,17H,6H2,1-3H3. The average Bonchev–Trinajstić information content (AvgIpc) is 2.78. The Bertz CT molecular complexity index is 664. The molecule has 5 nitrogen and oxygen atoms in total. The Hall–Kier alpha value is -2.44. The lowest BCUT2D eigenvalue weighted by Gasteiger charge is -2.08. The summed E-state index contributed by atoms with van der Waals surface area (Å²) in [5.74, 6) is -2.32. The first-order valence-electron chi connectivity index (χ1n) is 6.17. The molecule has 0 atom stereocenters. The number of nitrogens with zero attached hydrogens (tertiary/aromatic N) is 1. The molecule has 0 unspecified atom stereocenters. The SMILES string of the molecule is COC(=O)c1ccc(NCc2nc(C)c(C)o2)c(F)c1F. The molecule has 0 saturated carbocycles. The average molecular weight is 296 g/mol. The van der Waals surface area contributed by atoms with Crippen molar-refractivity contribution >= 4 is 11.7 Å². The number of hydrogen-bond acceptors (Lipinski definition) is 5. The number of hydrogen-bond donors (Lipinski definition) is 1. The fourth-order valence-electron chi connectivity index (χ4n) is 1.74. The Labute approximate surface area is 119 Å². The molecular formula is C14H14F2N2O3. The number of aromatic nitrogens is 1. The van der Waals surface area contributed by atoms with E-state index in [1.807, 2.05) is 0 Å². The van der Waals surface area contributed by atoms with Gasteiger partial charge in [0, 0.05) is 0 Å². The number of methoxy groups -OCH3 is 1. The highest BCUT2D eigenvalue weighted by Gasteiger charge is 2.19. The normalized spacial score (nSPS) is 10.5. The molecule has 1 N–H and O–H groups in total. The lowest BCUT2D eigenvalue weighted by atomic mass is 10.2. The molecule has 0 amide bonds. The summed E-state index contributed by atoms with van der Waals surface area (Å²) < 4.78 is 37.3. The predicted molar refractivity (Wildman–Crippen MR) is 71.0 cm³/mol. The molecule has 2 aromatic rings. The zero-order valence-electron chi connectivity index (χ0n) is 11.8. The zero-order chi connectivity index (χ0) is 15.6. The van der Waals surface area contributed by atoms with Crippen LogP contribution in [0.1, 0.15) is 27.7 Å². The lowest BCUT2D eigenvalue weighted by Crippen LogP contribution is -2.09. The molecule has 0 aliphatic heterocycles. The maximum atomic E-state index is 13.8. The van der Waals surface area contributed by atoms with Gasteiger partial charge >= 0.3 is 5.97 Å². The van der Waals surface area contributed by atoms with E-state index in [1.165, 1.54) is 6.07 Å². The minimum Gasteiger partial charge on any atom is -0.465 e. The first-order valence-corrected chi connectivity index (χ1v) is 6.17. The van der Waals surface area contributed by atoms with Gasteiger partial charge in [0.2, 0.25) is 5.89 Å². The van der Waals surface area contributed by atoms with Gasteiger partial charge in [0.25, 0.3) is 0 Å². The molecule has 0 radical (unpaired) electrons. The van der Waals surface area contributed by atoms with Crippen LogP contribution in [0.5, 0.6) is 0 Å². The minimum absolute atomic E-state index is 0.0892. The van der Waals surface area contributed by atoms with Gasteiger partial charge in [0.05, 0.1) is 30.6 Å². The Morgan fingerprint density at radius 2 is 2.05 bits per heavy atom. The van der Waals surface area contributed by atoms with E-state index in [0.29, 0.717) is 11.7 Å². The number of carbonyl (C=O) groups is 1. The van der Waals surface area contributed by atoms with E-state index < -0.39 is 23.2 Å². The van der Waals surface area contributed by atoms with Crippen molar-refractivity contribution in [1.29, 1.82) is 0 Å². The summed E-state index contributed by atoms with van der Waals surface area (Å²) >= 11 is 0. The molecule has 2 rings (SSSR count). The molecule has 0 spiro atoms. The number of anilines is 1. The summed E-state index contributed by atoms with van der Waals surface area (Å²) in [6, 6.07) is 2.41. The van der Waals surface area contributed by atoms with Crippen molar-refractivity contribution in [2.75, 3.05) is 12.4 Å². The molecule has 0 aliphatic rings. The number of nitrogens with one attached hydrogen (secondary N) is 1. The van der Waals surface area contributed by atoms with Crippen molar-refractivity contribution in [3.8, 4) is 0 Å². The van der Waals surface area contributed by atoms with Gasteiger partial charge in [-0.15, -0.1) is 0 Å². The summed E-state index contributed by atoms with van der Waals surface area (Å²) in [6.45, 7) is 3.65. The molecule has 0 bridgehead atoms. The number of benzene rings is 1. The first-order chi connectivity index (χ1) is 9.93. The number of ether oxygens (including phenoxy) is 1. The van der Waals surface area contributed by atoms with Crippen LogP contribution in [-0.4, -0.2) is 18.1 Å². The highest BCUT2D eigenvalue weighted by atomic mass is 19.2. The molecule has 1 aromatic carbocycles. The van der Waals surface area contributed by atoms with E-state index in [4.69, 9.17) is 4.42 Å². The fraction of sp³-hybridized carbons (Fsp3) is 0.286. The second kappa shape index (κ2) is 5.90. The van der Waals surface area contributed by atoms with Gasteiger partial charge in [0.15, 0.2) is 11.6 Å². The zero-order valence-corrected chi connectivity index (χ0v) is 11.8. The van der Waals surface area contributed by atoms with E-state index in [2.05, 4.69) is 15.0 Å². The van der Waals surface area contributed by atoms with Crippen molar-refractivity contribution in [1.82, 2.24) is 4.98 Å². The van der Waals surface area contributed by atoms with Crippen LogP contribution < -0.4 is 5.32 Å². The van der Waals surface area contributed by atoms with E-state index in [1.54, 1.807) is 13.8 Å². The van der Waals surface area contributed by atoms with Crippen LogP contribution in [0, 0.1) is 25.5 Å².